The van der Waals surface area contributed by atoms with Gasteiger partial charge in [-0.2, -0.15) is 12.6 Å². The number of rotatable bonds is 32. The van der Waals surface area contributed by atoms with Crippen LogP contribution in [0, 0.1) is 17.8 Å². The van der Waals surface area contributed by atoms with Gasteiger partial charge in [0.15, 0.2) is 5.96 Å². The zero-order valence-electron chi connectivity index (χ0n) is 40.4. The van der Waals surface area contributed by atoms with E-state index in [1.807, 2.05) is 27.7 Å². The van der Waals surface area contributed by atoms with E-state index in [0.717, 1.165) is 0 Å². The molecule has 0 heterocycles. The number of nitrogens with two attached hydrogens (primary N) is 3. The first-order chi connectivity index (χ1) is 32.7. The fourth-order valence-corrected chi connectivity index (χ4v) is 6.85. The highest BCUT2D eigenvalue weighted by molar-refractivity contribution is 7.80. The van der Waals surface area contributed by atoms with Crippen LogP contribution in [0.5, 0.6) is 5.75 Å². The number of phenolic OH excluding ortho intramolecular Hbond substituents is 1. The number of carbonyl (C=O) groups excluding carboxylic acids is 8. The molecule has 1 rings (SSSR count). The summed E-state index contributed by atoms with van der Waals surface area (Å²) in [5, 5.41) is 47.7. The number of carbonyl (C=O) groups is 10. The number of hydrogen-bond acceptors (Lipinski definition) is 14. The summed E-state index contributed by atoms with van der Waals surface area (Å²) in [4.78, 5) is 133. The van der Waals surface area contributed by atoms with Gasteiger partial charge in [-0.25, -0.2) is 0 Å². The molecule has 0 aromatic heterocycles. The average molecular weight is 1010 g/mol. The van der Waals surface area contributed by atoms with E-state index in [9.17, 15) is 58.2 Å². The number of nitrogens with zero attached hydrogens (tertiary/aromatic N) is 1. The SMILES string of the molecule is CC(C)C[C@H](NC(=O)[C@H](Cc1ccc(O)cc1)NC(=O)[C@@H](N)CC(C)C)C(=O)N[C@H](C(=O)N[C@@H](CS)C(=O)NCC(=O)N[C@@H](CCC(=O)O)C(=O)N[C@@H](CCCN=C(N)N)C(=O)NCC(=O)O)C(C)C. The molecule has 0 saturated heterocycles. The van der Waals surface area contributed by atoms with Gasteiger partial charge in [0, 0.05) is 25.1 Å². The second kappa shape index (κ2) is 31.4. The molecule has 0 radical (unpaired) electrons. The van der Waals surface area contributed by atoms with Crippen LogP contribution in [-0.4, -0.2) is 148 Å². The van der Waals surface area contributed by atoms with Crippen LogP contribution in [0.1, 0.15) is 85.6 Å². The lowest BCUT2D eigenvalue weighted by Gasteiger charge is -2.29. The fourth-order valence-electron chi connectivity index (χ4n) is 6.59. The number of phenols is 1. The molecule has 0 aliphatic carbocycles. The Balaban J connectivity index is 3.16. The maximum Gasteiger partial charge on any atom is 0.322 e. The van der Waals surface area contributed by atoms with Crippen molar-refractivity contribution in [1.29, 1.82) is 0 Å². The summed E-state index contributed by atoms with van der Waals surface area (Å²) in [5.41, 5.74) is 17.3. The van der Waals surface area contributed by atoms with Crippen molar-refractivity contribution in [3.8, 4) is 5.75 Å². The molecule has 17 N–H and O–H groups in total. The van der Waals surface area contributed by atoms with Crippen molar-refractivity contribution in [1.82, 2.24) is 42.5 Å². The summed E-state index contributed by atoms with van der Waals surface area (Å²) in [6.07, 6.45) is -0.567. The van der Waals surface area contributed by atoms with E-state index in [2.05, 4.69) is 60.2 Å². The lowest BCUT2D eigenvalue weighted by Crippen LogP contribution is -2.60. The number of guanidine groups is 1. The molecule has 25 nitrogen and oxygen atoms in total. The van der Waals surface area contributed by atoms with Crippen LogP contribution in [-0.2, 0) is 54.4 Å². The van der Waals surface area contributed by atoms with Crippen LogP contribution in [0.4, 0.5) is 0 Å². The second-order valence-electron chi connectivity index (χ2n) is 17.7. The smallest absolute Gasteiger partial charge is 0.322 e. The Hall–Kier alpha value is -6.70. The van der Waals surface area contributed by atoms with Crippen molar-refractivity contribution in [3.63, 3.8) is 0 Å². The zero-order valence-corrected chi connectivity index (χ0v) is 41.3. The van der Waals surface area contributed by atoms with Crippen LogP contribution >= 0.6 is 12.6 Å². The van der Waals surface area contributed by atoms with Gasteiger partial charge in [0.1, 0.15) is 48.5 Å². The van der Waals surface area contributed by atoms with Crippen LogP contribution in [0.3, 0.4) is 0 Å². The maximum atomic E-state index is 13.9. The quantitative estimate of drug-likeness (QED) is 0.0149. The molecule has 7 atom stereocenters. The number of nitrogens with one attached hydrogen (secondary N) is 8. The third-order valence-electron chi connectivity index (χ3n) is 10.2. The Kier molecular flexibility index (Phi) is 27.5. The molecule has 0 bridgehead atoms. The number of hydrogen-bond donors (Lipinski definition) is 15. The molecule has 0 spiro atoms. The van der Waals surface area contributed by atoms with Gasteiger partial charge in [0.05, 0.1) is 12.6 Å². The Bertz CT molecular complexity index is 1980. The molecule has 0 fully saturated rings. The van der Waals surface area contributed by atoms with Crippen LogP contribution in [0.25, 0.3) is 0 Å². The van der Waals surface area contributed by atoms with E-state index < -0.39 is 133 Å². The van der Waals surface area contributed by atoms with Crippen molar-refractivity contribution in [3.05, 3.63) is 29.8 Å². The van der Waals surface area contributed by atoms with Gasteiger partial charge in [-0.1, -0.05) is 53.7 Å². The topological polar surface area (TPSA) is 418 Å². The summed E-state index contributed by atoms with van der Waals surface area (Å²) in [5.74, 6) is -10.5. The number of aromatic hydroxyl groups is 1. The molecule has 70 heavy (non-hydrogen) atoms. The van der Waals surface area contributed by atoms with Gasteiger partial charge < -0.3 is 75.1 Å². The molecule has 1 aromatic carbocycles. The molecule has 0 saturated carbocycles. The summed E-state index contributed by atoms with van der Waals surface area (Å²) in [7, 11) is 0. The summed E-state index contributed by atoms with van der Waals surface area (Å²) < 4.78 is 0. The zero-order chi connectivity index (χ0) is 53.2. The Morgan fingerprint density at radius 2 is 1.11 bits per heavy atom. The van der Waals surface area contributed by atoms with E-state index in [4.69, 9.17) is 22.3 Å². The van der Waals surface area contributed by atoms with Gasteiger partial charge in [-0.15, -0.1) is 0 Å². The number of aliphatic carboxylic acids is 2. The average Bonchev–Trinajstić information content (AvgIpc) is 3.27. The monoisotopic (exact) mass is 1010 g/mol. The normalized spacial score (nSPS) is 14.0. The van der Waals surface area contributed by atoms with Crippen molar-refractivity contribution in [2.45, 2.75) is 129 Å². The largest absolute Gasteiger partial charge is 0.508 e. The molecule has 1 aromatic rings. The summed E-state index contributed by atoms with van der Waals surface area (Å²) >= 11 is 4.17. The van der Waals surface area contributed by atoms with Crippen LogP contribution in [0.2, 0.25) is 0 Å². The first-order valence-corrected chi connectivity index (χ1v) is 23.4. The van der Waals surface area contributed by atoms with Crippen molar-refractivity contribution in [2.24, 2.45) is 39.9 Å². The Labute approximate surface area is 412 Å². The minimum absolute atomic E-state index is 0.00890. The van der Waals surface area contributed by atoms with Crippen molar-refractivity contribution >= 4 is 77.8 Å². The molecule has 8 amide bonds. The first-order valence-electron chi connectivity index (χ1n) is 22.7. The predicted octanol–water partition coefficient (Wildman–Crippen LogP) is -2.92. The maximum absolute atomic E-state index is 13.9. The van der Waals surface area contributed by atoms with Crippen LogP contribution in [0.15, 0.2) is 29.3 Å². The van der Waals surface area contributed by atoms with Gasteiger partial charge in [0.25, 0.3) is 0 Å². The van der Waals surface area contributed by atoms with Gasteiger partial charge >= 0.3 is 11.9 Å². The summed E-state index contributed by atoms with van der Waals surface area (Å²) in [6.45, 7) is 9.13. The fraction of sp³-hybridized carbons (Fsp3) is 0.614. The minimum Gasteiger partial charge on any atom is -0.508 e. The van der Waals surface area contributed by atoms with E-state index in [1.165, 1.54) is 12.1 Å². The third kappa shape index (κ3) is 24.5. The lowest BCUT2D eigenvalue weighted by molar-refractivity contribution is -0.138. The van der Waals surface area contributed by atoms with E-state index >= 15 is 0 Å². The predicted molar refractivity (Wildman–Crippen MR) is 259 cm³/mol. The molecule has 26 heteroatoms. The Morgan fingerprint density at radius 1 is 0.600 bits per heavy atom. The van der Waals surface area contributed by atoms with Gasteiger partial charge in [-0.05, 0) is 67.6 Å². The van der Waals surface area contributed by atoms with Crippen LogP contribution < -0.4 is 59.7 Å². The molecule has 0 aliphatic rings. The highest BCUT2D eigenvalue weighted by Gasteiger charge is 2.34. The first kappa shape index (κ1) is 61.3. The Morgan fingerprint density at radius 3 is 1.66 bits per heavy atom. The van der Waals surface area contributed by atoms with E-state index in [0.29, 0.717) is 12.0 Å². The standard InChI is InChI=1S/C44H72N12O13S/c1-22(2)16-27(45)37(63)53-31(18-25-9-11-26(57)12-10-25)41(67)54-30(17-23(3)4)42(68)56-36(24(5)6)43(69)55-32(21-70)39(65)49-19-33(58)51-29(13-14-34(59)60)40(66)52-28(8-7-15-48-44(46)47)38(64)50-20-35(61)62/h9-12,22-24,27-32,36,57,70H,7-8,13-21,45H2,1-6H3,(H,49,65)(H,50,64)(H,51,58)(H,52,66)(H,53,63)(H,54,67)(H,55,69)(H,56,68)(H,59,60)(H,61,62)(H4,46,47,48)/t27-,28-,29-,30-,31-,32-,36-/m0/s1. The number of benzene rings is 1. The molecule has 0 aliphatic heterocycles. The highest BCUT2D eigenvalue weighted by atomic mass is 32.1. The number of carboxylic acids is 2. The minimum atomic E-state index is -1.55. The lowest BCUT2D eigenvalue weighted by atomic mass is 9.98. The second-order valence-corrected chi connectivity index (χ2v) is 18.1. The highest BCUT2D eigenvalue weighted by Crippen LogP contribution is 2.14. The van der Waals surface area contributed by atoms with Crippen molar-refractivity contribution in [2.75, 3.05) is 25.4 Å². The number of carboxylic acid groups (broad SMARTS) is 2. The van der Waals surface area contributed by atoms with Gasteiger partial charge in [-0.3, -0.25) is 52.9 Å². The molecule has 392 valence electrons. The van der Waals surface area contributed by atoms with Crippen molar-refractivity contribution < 1.29 is 63.3 Å². The van der Waals surface area contributed by atoms with E-state index in [-0.39, 0.29) is 61.5 Å². The summed E-state index contributed by atoms with van der Waals surface area (Å²) in [6, 6.07) is -2.87. The third-order valence-corrected chi connectivity index (χ3v) is 10.6. The number of thiol groups is 1. The van der Waals surface area contributed by atoms with Gasteiger partial charge in [0.2, 0.25) is 47.3 Å². The molecule has 0 unspecified atom stereocenters. The number of aliphatic imine (C=N–C) groups is 1. The number of amides is 8. The van der Waals surface area contributed by atoms with E-state index in [1.54, 1.807) is 26.0 Å². The molecular weight excluding hydrogens is 937 g/mol. The molecular formula is C44H72N12O13S.